The maximum absolute atomic E-state index is 14.0. The van der Waals surface area contributed by atoms with Crippen LogP contribution in [-0.2, 0) is 14.3 Å². The smallest absolute Gasteiger partial charge is 0.287 e. The van der Waals surface area contributed by atoms with Crippen LogP contribution < -0.4 is 25.0 Å². The van der Waals surface area contributed by atoms with Gasteiger partial charge in [-0.25, -0.2) is 0 Å². The molecule has 0 saturated carbocycles. The van der Waals surface area contributed by atoms with Crippen LogP contribution in [0, 0.1) is 13.8 Å². The highest BCUT2D eigenvalue weighted by Gasteiger charge is 2.35. The lowest BCUT2D eigenvalue weighted by atomic mass is 10.00. The molecule has 1 aliphatic heterocycles. The van der Waals surface area contributed by atoms with Gasteiger partial charge in [-0.15, -0.1) is 0 Å². The van der Waals surface area contributed by atoms with E-state index in [-0.39, 0.29) is 18.4 Å². The molecule has 10 heteroatoms. The lowest BCUT2D eigenvalue weighted by molar-refractivity contribution is -0.126. The van der Waals surface area contributed by atoms with Gasteiger partial charge in [0, 0.05) is 18.8 Å². The zero-order valence-electron chi connectivity index (χ0n) is 23.2. The Morgan fingerprint density at radius 2 is 1.82 bits per heavy atom. The highest BCUT2D eigenvalue weighted by molar-refractivity contribution is 6.04. The van der Waals surface area contributed by atoms with Crippen molar-refractivity contribution in [3.8, 4) is 11.5 Å². The molecule has 1 fully saturated rings. The summed E-state index contributed by atoms with van der Waals surface area (Å²) >= 11 is 0. The van der Waals surface area contributed by atoms with Gasteiger partial charge in [-0.1, -0.05) is 18.2 Å². The summed E-state index contributed by atoms with van der Waals surface area (Å²) in [7, 11) is 3.03. The number of carbonyl (C=O) groups is 3. The normalized spacial score (nSPS) is 15.2. The van der Waals surface area contributed by atoms with Gasteiger partial charge in [-0.05, 0) is 73.7 Å². The molecule has 3 amide bonds. The number of nitrogens with one attached hydrogen (secondary N) is 2. The number of nitrogens with zero attached hydrogens (tertiary/aromatic N) is 1. The molecule has 0 bridgehead atoms. The second-order valence-electron chi connectivity index (χ2n) is 9.61. The third-order valence-corrected chi connectivity index (χ3v) is 6.80. The molecule has 0 radical (unpaired) electrons. The molecule has 4 rings (SSSR count). The summed E-state index contributed by atoms with van der Waals surface area (Å²) in [5, 5.41) is 5.60. The Kier molecular flexibility index (Phi) is 9.44. The van der Waals surface area contributed by atoms with Crippen LogP contribution >= 0.6 is 0 Å². The van der Waals surface area contributed by atoms with Crippen molar-refractivity contribution in [1.82, 2.24) is 10.6 Å². The predicted octanol–water partition coefficient (Wildman–Crippen LogP) is 3.71. The van der Waals surface area contributed by atoms with Gasteiger partial charge in [0.1, 0.15) is 6.04 Å². The number of furan rings is 1. The summed E-state index contributed by atoms with van der Waals surface area (Å²) in [6.07, 6.45) is 3.07. The van der Waals surface area contributed by atoms with Crippen molar-refractivity contribution < 1.29 is 33.0 Å². The molecule has 0 spiro atoms. The van der Waals surface area contributed by atoms with E-state index in [4.69, 9.17) is 18.6 Å². The molecule has 1 saturated heterocycles. The molecular formula is C30H35N3O7. The summed E-state index contributed by atoms with van der Waals surface area (Å²) < 4.78 is 21.8. The lowest BCUT2D eigenvalue weighted by Gasteiger charge is -2.33. The van der Waals surface area contributed by atoms with Crippen molar-refractivity contribution in [2.75, 3.05) is 38.8 Å². The first-order valence-corrected chi connectivity index (χ1v) is 13.1. The van der Waals surface area contributed by atoms with E-state index in [0.29, 0.717) is 35.9 Å². The Bertz CT molecular complexity index is 1330. The topological polar surface area (TPSA) is 119 Å². The van der Waals surface area contributed by atoms with Crippen molar-refractivity contribution in [3.63, 3.8) is 0 Å². The molecular weight excluding hydrogens is 514 g/mol. The Balaban J connectivity index is 1.75. The first kappa shape index (κ1) is 28.7. The Morgan fingerprint density at radius 1 is 1.02 bits per heavy atom. The van der Waals surface area contributed by atoms with Crippen LogP contribution in [0.3, 0.4) is 0 Å². The summed E-state index contributed by atoms with van der Waals surface area (Å²) in [6, 6.07) is 12.8. The van der Waals surface area contributed by atoms with Gasteiger partial charge in [-0.3, -0.25) is 19.3 Å². The molecule has 2 N–H and O–H groups in total. The molecule has 3 aromatic rings. The predicted molar refractivity (Wildman–Crippen MR) is 149 cm³/mol. The number of hydrogen-bond donors (Lipinski definition) is 2. The fourth-order valence-corrected chi connectivity index (χ4v) is 4.69. The maximum Gasteiger partial charge on any atom is 0.287 e. The van der Waals surface area contributed by atoms with Crippen LogP contribution in [0.1, 0.15) is 46.1 Å². The third kappa shape index (κ3) is 6.63. The second kappa shape index (κ2) is 13.2. The Morgan fingerprint density at radius 3 is 2.50 bits per heavy atom. The van der Waals surface area contributed by atoms with Crippen molar-refractivity contribution >= 4 is 23.4 Å². The van der Waals surface area contributed by atoms with Crippen LogP contribution in [0.4, 0.5) is 5.69 Å². The summed E-state index contributed by atoms with van der Waals surface area (Å²) in [5.74, 6) is -0.437. The molecule has 2 heterocycles. The third-order valence-electron chi connectivity index (χ3n) is 6.80. The van der Waals surface area contributed by atoms with E-state index < -0.39 is 23.8 Å². The van der Waals surface area contributed by atoms with Crippen LogP contribution in [0.5, 0.6) is 11.5 Å². The van der Waals surface area contributed by atoms with Crippen molar-refractivity contribution in [1.29, 1.82) is 0 Å². The van der Waals surface area contributed by atoms with Gasteiger partial charge in [0.2, 0.25) is 11.8 Å². The molecule has 0 unspecified atom stereocenters. The maximum atomic E-state index is 14.0. The molecule has 0 aliphatic carbocycles. The van der Waals surface area contributed by atoms with Gasteiger partial charge >= 0.3 is 0 Å². The number of amides is 3. The molecule has 1 aliphatic rings. The number of ether oxygens (including phenoxy) is 3. The number of carbonyl (C=O) groups excluding carboxylic acids is 3. The molecule has 212 valence electrons. The molecule has 2 aromatic carbocycles. The lowest BCUT2D eigenvalue weighted by Crippen LogP contribution is -2.48. The molecule has 10 nitrogen and oxygen atoms in total. The standard InChI is InChI=1S/C30H35N3O7/c1-19-9-10-20(2)23(15-19)33(27(34)18-32-29(35)25-8-6-14-40-25)28(30(36)31-17-22-7-5-13-39-22)21-11-12-24(37-3)26(16-21)38-4/h6,8-12,14-16,22,28H,5,7,13,17-18H2,1-4H3,(H,31,36)(H,32,35)/t22-,28+/m1/s1. The first-order valence-electron chi connectivity index (χ1n) is 13.1. The zero-order valence-corrected chi connectivity index (χ0v) is 23.2. The van der Waals surface area contributed by atoms with E-state index in [2.05, 4.69) is 10.6 Å². The van der Waals surface area contributed by atoms with Crippen LogP contribution in [0.2, 0.25) is 0 Å². The van der Waals surface area contributed by atoms with Crippen molar-refractivity contribution in [3.05, 3.63) is 77.2 Å². The van der Waals surface area contributed by atoms with E-state index in [0.717, 1.165) is 24.0 Å². The fraction of sp³-hybridized carbons (Fsp3) is 0.367. The van der Waals surface area contributed by atoms with Crippen LogP contribution in [0.25, 0.3) is 0 Å². The second-order valence-corrected chi connectivity index (χ2v) is 9.61. The number of anilines is 1. The van der Waals surface area contributed by atoms with Gasteiger partial charge in [0.05, 0.1) is 33.1 Å². The number of hydrogen-bond acceptors (Lipinski definition) is 7. The van der Waals surface area contributed by atoms with Gasteiger partial charge < -0.3 is 29.3 Å². The number of rotatable bonds is 11. The van der Waals surface area contributed by atoms with E-state index in [1.807, 2.05) is 32.0 Å². The highest BCUT2D eigenvalue weighted by Crippen LogP contribution is 2.36. The SMILES string of the molecule is COc1ccc([C@@H](C(=O)NC[C@H]2CCCO2)N(C(=O)CNC(=O)c2ccco2)c2cc(C)ccc2C)cc1OC. The van der Waals surface area contributed by atoms with Crippen molar-refractivity contribution in [2.24, 2.45) is 0 Å². The average molecular weight is 550 g/mol. The molecule has 40 heavy (non-hydrogen) atoms. The Hall–Kier alpha value is -4.31. The van der Waals surface area contributed by atoms with E-state index in [9.17, 15) is 14.4 Å². The fourth-order valence-electron chi connectivity index (χ4n) is 4.69. The van der Waals surface area contributed by atoms with Gasteiger partial charge in [0.15, 0.2) is 17.3 Å². The zero-order chi connectivity index (χ0) is 28.6. The summed E-state index contributed by atoms with van der Waals surface area (Å²) in [4.78, 5) is 41.9. The average Bonchev–Trinajstić information content (AvgIpc) is 3.69. The summed E-state index contributed by atoms with van der Waals surface area (Å²) in [5.41, 5.74) is 2.75. The van der Waals surface area contributed by atoms with Gasteiger partial charge in [-0.2, -0.15) is 0 Å². The quantitative estimate of drug-likeness (QED) is 0.374. The van der Waals surface area contributed by atoms with Crippen LogP contribution in [0.15, 0.2) is 59.2 Å². The van der Waals surface area contributed by atoms with E-state index in [1.165, 1.54) is 31.4 Å². The minimum atomic E-state index is -1.09. The first-order chi connectivity index (χ1) is 19.3. The molecule has 1 aromatic heterocycles. The van der Waals surface area contributed by atoms with Crippen molar-refractivity contribution in [2.45, 2.75) is 38.8 Å². The Labute approximate surface area is 233 Å². The van der Waals surface area contributed by atoms with E-state index in [1.54, 1.807) is 24.3 Å². The monoisotopic (exact) mass is 549 g/mol. The number of benzene rings is 2. The molecule has 2 atom stereocenters. The minimum absolute atomic E-state index is 0.0804. The largest absolute Gasteiger partial charge is 0.493 e. The minimum Gasteiger partial charge on any atom is -0.493 e. The van der Waals surface area contributed by atoms with E-state index >= 15 is 0 Å². The van der Waals surface area contributed by atoms with Gasteiger partial charge in [0.25, 0.3) is 5.91 Å². The van der Waals surface area contributed by atoms with Crippen LogP contribution in [-0.4, -0.2) is 57.7 Å². The highest BCUT2D eigenvalue weighted by atomic mass is 16.5. The number of aryl methyl sites for hydroxylation is 2. The summed E-state index contributed by atoms with van der Waals surface area (Å²) in [6.45, 7) is 4.38. The number of methoxy groups -OCH3 is 2.